The number of hydrogen-bond acceptors (Lipinski definition) is 4. The third-order valence-corrected chi connectivity index (χ3v) is 1.46. The molecule has 0 aromatic carbocycles. The summed E-state index contributed by atoms with van der Waals surface area (Å²) >= 11 is 0. The van der Waals surface area contributed by atoms with E-state index in [0.717, 1.165) is 5.69 Å². The summed E-state index contributed by atoms with van der Waals surface area (Å²) < 4.78 is 5.16. The molecule has 0 radical (unpaired) electrons. The zero-order valence-corrected chi connectivity index (χ0v) is 7.10. The van der Waals surface area contributed by atoms with Crippen molar-refractivity contribution in [3.05, 3.63) is 24.3 Å². The van der Waals surface area contributed by atoms with Crippen molar-refractivity contribution in [2.24, 2.45) is 5.73 Å². The SMILES string of the molecule is CCOCC(N)c1cnccn1. The summed E-state index contributed by atoms with van der Waals surface area (Å²) in [5.41, 5.74) is 6.52. The van der Waals surface area contributed by atoms with Gasteiger partial charge in [-0.3, -0.25) is 9.97 Å². The van der Waals surface area contributed by atoms with Gasteiger partial charge in [0.2, 0.25) is 0 Å². The fraction of sp³-hybridized carbons (Fsp3) is 0.500. The minimum atomic E-state index is -0.168. The van der Waals surface area contributed by atoms with Crippen molar-refractivity contribution in [1.82, 2.24) is 9.97 Å². The molecule has 0 amide bonds. The molecule has 1 heterocycles. The van der Waals surface area contributed by atoms with Crippen LogP contribution in [0, 0.1) is 0 Å². The van der Waals surface area contributed by atoms with Gasteiger partial charge in [0, 0.05) is 19.0 Å². The van der Waals surface area contributed by atoms with E-state index in [0.29, 0.717) is 13.2 Å². The second-order valence-corrected chi connectivity index (χ2v) is 2.40. The van der Waals surface area contributed by atoms with Crippen LogP contribution in [0.1, 0.15) is 18.7 Å². The highest BCUT2D eigenvalue weighted by atomic mass is 16.5. The molecule has 1 aromatic heterocycles. The maximum absolute atomic E-state index is 5.75. The van der Waals surface area contributed by atoms with E-state index in [1.54, 1.807) is 18.6 Å². The van der Waals surface area contributed by atoms with Gasteiger partial charge in [-0.1, -0.05) is 0 Å². The second kappa shape index (κ2) is 4.79. The standard InChI is InChI=1S/C8H13N3O/c1-2-12-6-7(9)8-5-10-3-4-11-8/h3-5,7H,2,6,9H2,1H3. The van der Waals surface area contributed by atoms with E-state index in [9.17, 15) is 0 Å². The lowest BCUT2D eigenvalue weighted by Gasteiger charge is -2.09. The predicted molar refractivity (Wildman–Crippen MR) is 45.5 cm³/mol. The van der Waals surface area contributed by atoms with E-state index < -0.39 is 0 Å². The van der Waals surface area contributed by atoms with Gasteiger partial charge in [0.25, 0.3) is 0 Å². The lowest BCUT2D eigenvalue weighted by Crippen LogP contribution is -2.18. The second-order valence-electron chi connectivity index (χ2n) is 2.40. The lowest BCUT2D eigenvalue weighted by atomic mass is 10.2. The molecule has 1 atom stereocenters. The Balaban J connectivity index is 2.48. The highest BCUT2D eigenvalue weighted by Crippen LogP contribution is 2.03. The quantitative estimate of drug-likeness (QED) is 0.709. The Morgan fingerprint density at radius 2 is 2.42 bits per heavy atom. The van der Waals surface area contributed by atoms with Crippen LogP contribution in [0.4, 0.5) is 0 Å². The molecule has 12 heavy (non-hydrogen) atoms. The first-order chi connectivity index (χ1) is 5.84. The first-order valence-electron chi connectivity index (χ1n) is 3.93. The summed E-state index contributed by atoms with van der Waals surface area (Å²) in [6.45, 7) is 3.10. The highest BCUT2D eigenvalue weighted by Gasteiger charge is 2.05. The molecular weight excluding hydrogens is 154 g/mol. The summed E-state index contributed by atoms with van der Waals surface area (Å²) in [6.07, 6.45) is 4.90. The van der Waals surface area contributed by atoms with Crippen LogP contribution in [0.3, 0.4) is 0 Å². The van der Waals surface area contributed by atoms with E-state index in [1.807, 2.05) is 6.92 Å². The van der Waals surface area contributed by atoms with Gasteiger partial charge in [0.15, 0.2) is 0 Å². The van der Waals surface area contributed by atoms with Crippen molar-refractivity contribution < 1.29 is 4.74 Å². The Morgan fingerprint density at radius 3 is 3.00 bits per heavy atom. The average Bonchev–Trinajstić information content (AvgIpc) is 2.15. The van der Waals surface area contributed by atoms with Crippen LogP contribution >= 0.6 is 0 Å². The Bertz CT molecular complexity index is 215. The molecule has 0 saturated carbocycles. The zero-order valence-electron chi connectivity index (χ0n) is 7.10. The lowest BCUT2D eigenvalue weighted by molar-refractivity contribution is 0.132. The number of ether oxygens (including phenoxy) is 1. The minimum Gasteiger partial charge on any atom is -0.380 e. The van der Waals surface area contributed by atoms with Crippen LogP contribution in [0.2, 0.25) is 0 Å². The molecule has 1 unspecified atom stereocenters. The van der Waals surface area contributed by atoms with Crippen molar-refractivity contribution >= 4 is 0 Å². The van der Waals surface area contributed by atoms with Crippen LogP contribution in [0.15, 0.2) is 18.6 Å². The molecule has 4 nitrogen and oxygen atoms in total. The van der Waals surface area contributed by atoms with Crippen molar-refractivity contribution in [3.63, 3.8) is 0 Å². The molecule has 0 aliphatic heterocycles. The van der Waals surface area contributed by atoms with Crippen LogP contribution in [0.25, 0.3) is 0 Å². The molecule has 0 aliphatic carbocycles. The summed E-state index contributed by atoms with van der Waals surface area (Å²) in [4.78, 5) is 7.98. The number of nitrogens with zero attached hydrogens (tertiary/aromatic N) is 2. The number of rotatable bonds is 4. The van der Waals surface area contributed by atoms with E-state index in [4.69, 9.17) is 10.5 Å². The zero-order chi connectivity index (χ0) is 8.81. The van der Waals surface area contributed by atoms with Gasteiger partial charge in [0.05, 0.1) is 24.5 Å². The van der Waals surface area contributed by atoms with Crippen molar-refractivity contribution in [2.45, 2.75) is 13.0 Å². The number of aromatic nitrogens is 2. The number of nitrogens with two attached hydrogens (primary N) is 1. The Kier molecular flexibility index (Phi) is 3.63. The van der Waals surface area contributed by atoms with E-state index in [2.05, 4.69) is 9.97 Å². The molecule has 66 valence electrons. The maximum atomic E-state index is 5.75. The van der Waals surface area contributed by atoms with Gasteiger partial charge in [-0.2, -0.15) is 0 Å². The minimum absolute atomic E-state index is 0.168. The van der Waals surface area contributed by atoms with E-state index >= 15 is 0 Å². The molecule has 1 rings (SSSR count). The van der Waals surface area contributed by atoms with Crippen molar-refractivity contribution in [3.8, 4) is 0 Å². The topological polar surface area (TPSA) is 61.0 Å². The Morgan fingerprint density at radius 1 is 1.58 bits per heavy atom. The van der Waals surface area contributed by atoms with Crippen LogP contribution in [-0.4, -0.2) is 23.2 Å². The third kappa shape index (κ3) is 2.56. The molecule has 0 fully saturated rings. The van der Waals surface area contributed by atoms with Crippen LogP contribution in [0.5, 0.6) is 0 Å². The van der Waals surface area contributed by atoms with Crippen LogP contribution < -0.4 is 5.73 Å². The first-order valence-corrected chi connectivity index (χ1v) is 3.93. The monoisotopic (exact) mass is 167 g/mol. The predicted octanol–water partition coefficient (Wildman–Crippen LogP) is 0.513. The molecule has 0 spiro atoms. The van der Waals surface area contributed by atoms with Gasteiger partial charge in [0.1, 0.15) is 0 Å². The fourth-order valence-electron chi connectivity index (χ4n) is 0.832. The smallest absolute Gasteiger partial charge is 0.0777 e. The molecule has 2 N–H and O–H groups in total. The van der Waals surface area contributed by atoms with Gasteiger partial charge >= 0.3 is 0 Å². The van der Waals surface area contributed by atoms with Gasteiger partial charge in [-0.05, 0) is 6.92 Å². The summed E-state index contributed by atoms with van der Waals surface area (Å²) in [5, 5.41) is 0. The summed E-state index contributed by atoms with van der Waals surface area (Å²) in [5.74, 6) is 0. The van der Waals surface area contributed by atoms with Gasteiger partial charge in [-0.25, -0.2) is 0 Å². The first kappa shape index (κ1) is 9.09. The van der Waals surface area contributed by atoms with E-state index in [-0.39, 0.29) is 6.04 Å². The molecule has 4 heteroatoms. The van der Waals surface area contributed by atoms with Gasteiger partial charge < -0.3 is 10.5 Å². The van der Waals surface area contributed by atoms with Crippen molar-refractivity contribution in [1.29, 1.82) is 0 Å². The highest BCUT2D eigenvalue weighted by molar-refractivity contribution is 5.00. The normalized spacial score (nSPS) is 12.8. The molecule has 1 aromatic rings. The fourth-order valence-corrected chi connectivity index (χ4v) is 0.832. The Hall–Kier alpha value is -1.00. The largest absolute Gasteiger partial charge is 0.380 e. The Labute approximate surface area is 71.8 Å². The average molecular weight is 167 g/mol. The third-order valence-electron chi connectivity index (χ3n) is 1.46. The maximum Gasteiger partial charge on any atom is 0.0777 e. The van der Waals surface area contributed by atoms with E-state index in [1.165, 1.54) is 0 Å². The van der Waals surface area contributed by atoms with Crippen LogP contribution in [-0.2, 0) is 4.74 Å². The van der Waals surface area contributed by atoms with Crippen molar-refractivity contribution in [2.75, 3.05) is 13.2 Å². The summed E-state index contributed by atoms with van der Waals surface area (Å²) in [6, 6.07) is -0.168. The van der Waals surface area contributed by atoms with Gasteiger partial charge in [-0.15, -0.1) is 0 Å². The molecule has 0 saturated heterocycles. The molecular formula is C8H13N3O. The molecule has 0 aliphatic rings. The number of hydrogen-bond donors (Lipinski definition) is 1. The summed E-state index contributed by atoms with van der Waals surface area (Å²) in [7, 11) is 0. The molecule has 0 bridgehead atoms.